The number of carbonyl (C=O) groups excluding carboxylic acids is 1. The number of H-pyrrole nitrogens is 1. The first-order valence-electron chi connectivity index (χ1n) is 9.88. The summed E-state index contributed by atoms with van der Waals surface area (Å²) in [7, 11) is -3.87. The number of amides is 1. The van der Waals surface area contributed by atoms with E-state index < -0.39 is 10.0 Å². The molecule has 1 amide bonds. The summed E-state index contributed by atoms with van der Waals surface area (Å²) in [6, 6.07) is 16.3. The molecular formula is C21H19ClN6O3S2. The number of para-hydroxylation sites is 2. The quantitative estimate of drug-likeness (QED) is 0.306. The van der Waals surface area contributed by atoms with E-state index in [1.165, 1.54) is 48.2 Å². The number of benzene rings is 2. The average Bonchev–Trinajstić information content (AvgIpc) is 3.22. The third-order valence-electron chi connectivity index (χ3n) is 4.59. The topological polar surface area (TPSA) is 130 Å². The molecule has 2 aromatic heterocycles. The summed E-state index contributed by atoms with van der Waals surface area (Å²) in [5.74, 6) is -0.154. The number of rotatable bonds is 8. The summed E-state index contributed by atoms with van der Waals surface area (Å²) < 4.78 is 27.4. The molecule has 2 aromatic carbocycles. The largest absolute Gasteiger partial charge is 0.333 e. The second kappa shape index (κ2) is 9.77. The number of carbonyl (C=O) groups is 1. The van der Waals surface area contributed by atoms with E-state index in [-0.39, 0.29) is 27.0 Å². The molecule has 0 saturated heterocycles. The van der Waals surface area contributed by atoms with E-state index in [0.29, 0.717) is 17.3 Å². The molecule has 0 radical (unpaired) electrons. The number of hydrogen-bond donors (Lipinski definition) is 3. The highest BCUT2D eigenvalue weighted by Gasteiger charge is 2.21. The lowest BCUT2D eigenvalue weighted by Crippen LogP contribution is -2.24. The fourth-order valence-corrected chi connectivity index (χ4v) is 4.97. The van der Waals surface area contributed by atoms with Gasteiger partial charge in [-0.25, -0.2) is 13.4 Å². The fraction of sp³-hybridized carbons (Fsp3) is 0.143. The number of anilines is 2. The van der Waals surface area contributed by atoms with Crippen molar-refractivity contribution in [2.75, 3.05) is 10.0 Å². The zero-order valence-electron chi connectivity index (χ0n) is 17.3. The van der Waals surface area contributed by atoms with Crippen molar-refractivity contribution in [3.05, 3.63) is 65.8 Å². The molecule has 4 aromatic rings. The highest BCUT2D eigenvalue weighted by molar-refractivity contribution is 8.00. The fourth-order valence-electron chi connectivity index (χ4n) is 2.95. The molecule has 2 heterocycles. The first kappa shape index (κ1) is 23.0. The maximum Gasteiger partial charge on any atom is 0.263 e. The van der Waals surface area contributed by atoms with Gasteiger partial charge >= 0.3 is 0 Å². The maximum atomic E-state index is 12.8. The van der Waals surface area contributed by atoms with E-state index in [1.54, 1.807) is 0 Å². The smallest absolute Gasteiger partial charge is 0.263 e. The Kier molecular flexibility index (Phi) is 6.82. The Labute approximate surface area is 199 Å². The first-order valence-corrected chi connectivity index (χ1v) is 12.6. The van der Waals surface area contributed by atoms with Crippen molar-refractivity contribution in [1.82, 2.24) is 20.2 Å². The third kappa shape index (κ3) is 5.62. The van der Waals surface area contributed by atoms with Gasteiger partial charge < -0.3 is 10.3 Å². The number of hydrogen-bond acceptors (Lipinski definition) is 7. The van der Waals surface area contributed by atoms with Crippen molar-refractivity contribution in [2.45, 2.75) is 28.6 Å². The molecule has 0 fully saturated rings. The minimum Gasteiger partial charge on any atom is -0.333 e. The number of nitrogens with one attached hydrogen (secondary N) is 3. The minimum atomic E-state index is -3.87. The second-order valence-corrected chi connectivity index (χ2v) is 10.2. The van der Waals surface area contributed by atoms with Crippen molar-refractivity contribution in [1.29, 1.82) is 0 Å². The molecule has 0 bridgehead atoms. The lowest BCUT2D eigenvalue weighted by Gasteiger charge is -2.14. The van der Waals surface area contributed by atoms with Crippen LogP contribution >= 0.6 is 23.4 Å². The molecule has 33 heavy (non-hydrogen) atoms. The van der Waals surface area contributed by atoms with Crippen LogP contribution in [0.1, 0.15) is 13.3 Å². The molecule has 0 aliphatic carbocycles. The lowest BCUT2D eigenvalue weighted by atomic mass is 10.3. The molecule has 0 saturated carbocycles. The molecule has 1 unspecified atom stereocenters. The number of aromatic nitrogens is 4. The third-order valence-corrected chi connectivity index (χ3v) is 7.41. The Morgan fingerprint density at radius 2 is 1.85 bits per heavy atom. The van der Waals surface area contributed by atoms with Gasteiger partial charge in [0.2, 0.25) is 5.91 Å². The van der Waals surface area contributed by atoms with E-state index in [9.17, 15) is 13.2 Å². The van der Waals surface area contributed by atoms with Crippen LogP contribution in [0.15, 0.2) is 70.7 Å². The van der Waals surface area contributed by atoms with Gasteiger partial charge in [-0.15, -0.1) is 10.2 Å². The van der Waals surface area contributed by atoms with Crippen LogP contribution in [-0.4, -0.2) is 39.7 Å². The summed E-state index contributed by atoms with van der Waals surface area (Å²) in [6.45, 7) is 1.92. The highest BCUT2D eigenvalue weighted by Crippen LogP contribution is 2.26. The van der Waals surface area contributed by atoms with Gasteiger partial charge in [-0.2, -0.15) is 0 Å². The first-order chi connectivity index (χ1) is 15.8. The molecule has 4 rings (SSSR count). The zero-order valence-corrected chi connectivity index (χ0v) is 19.7. The molecule has 12 heteroatoms. The van der Waals surface area contributed by atoms with Crippen LogP contribution in [-0.2, 0) is 14.8 Å². The van der Waals surface area contributed by atoms with E-state index in [4.69, 9.17) is 11.6 Å². The maximum absolute atomic E-state index is 12.8. The monoisotopic (exact) mass is 502 g/mol. The Balaban J connectivity index is 1.41. The average molecular weight is 503 g/mol. The summed E-state index contributed by atoms with van der Waals surface area (Å²) in [5.41, 5.74) is 2.23. The summed E-state index contributed by atoms with van der Waals surface area (Å²) in [4.78, 5) is 20.5. The molecule has 1 atom stereocenters. The zero-order chi connectivity index (χ0) is 23.4. The number of fused-ring (bicyclic) bond motifs is 1. The Morgan fingerprint density at radius 3 is 2.52 bits per heavy atom. The lowest BCUT2D eigenvalue weighted by molar-refractivity contribution is -0.115. The molecule has 0 spiro atoms. The van der Waals surface area contributed by atoms with E-state index >= 15 is 0 Å². The van der Waals surface area contributed by atoms with E-state index in [0.717, 1.165) is 11.0 Å². The van der Waals surface area contributed by atoms with Crippen LogP contribution in [0.25, 0.3) is 11.0 Å². The van der Waals surface area contributed by atoms with Crippen molar-refractivity contribution in [3.8, 4) is 0 Å². The van der Waals surface area contributed by atoms with Crippen LogP contribution in [0, 0.1) is 0 Å². The Bertz CT molecular complexity index is 1340. The van der Waals surface area contributed by atoms with E-state index in [2.05, 4.69) is 30.2 Å². The van der Waals surface area contributed by atoms with Crippen LogP contribution in [0.4, 0.5) is 11.5 Å². The van der Waals surface area contributed by atoms with Gasteiger partial charge in [0, 0.05) is 5.69 Å². The number of nitrogens with zero attached hydrogens (tertiary/aromatic N) is 3. The Morgan fingerprint density at radius 1 is 1.09 bits per heavy atom. The van der Waals surface area contributed by atoms with Gasteiger partial charge in [-0.3, -0.25) is 9.52 Å². The second-order valence-electron chi connectivity index (χ2n) is 6.93. The molecule has 0 aliphatic rings. The van der Waals surface area contributed by atoms with Gasteiger partial charge in [0.1, 0.15) is 0 Å². The van der Waals surface area contributed by atoms with Crippen LogP contribution < -0.4 is 10.0 Å². The predicted octanol–water partition coefficient (Wildman–Crippen LogP) is 4.32. The summed E-state index contributed by atoms with van der Waals surface area (Å²) >= 11 is 7.01. The normalized spacial score (nSPS) is 12.4. The number of imidazole rings is 1. The summed E-state index contributed by atoms with van der Waals surface area (Å²) in [6.07, 6.45) is 0.589. The standard InChI is InChI=1S/C21H19ClN6O3S2/c1-2-17(32-21-24-15-5-3-4-6-16(15)25-21)20(29)23-13-7-9-14(10-8-13)33(30,31)28-19-12-11-18(22)26-27-19/h3-12,17H,2H2,1H3,(H,23,29)(H,24,25)(H,27,28). The Hall–Kier alpha value is -3.15. The van der Waals surface area contributed by atoms with Crippen LogP contribution in [0.3, 0.4) is 0 Å². The number of sulfonamides is 1. The summed E-state index contributed by atoms with van der Waals surface area (Å²) in [5, 5.41) is 10.6. The number of halogens is 1. The van der Waals surface area contributed by atoms with Crippen molar-refractivity contribution < 1.29 is 13.2 Å². The molecule has 9 nitrogen and oxygen atoms in total. The van der Waals surface area contributed by atoms with Crippen molar-refractivity contribution in [3.63, 3.8) is 0 Å². The van der Waals surface area contributed by atoms with Gasteiger partial charge in [-0.1, -0.05) is 42.4 Å². The number of aromatic amines is 1. The molecule has 0 aliphatic heterocycles. The molecule has 3 N–H and O–H groups in total. The molecule has 170 valence electrons. The van der Waals surface area contributed by atoms with E-state index in [1.807, 2.05) is 31.2 Å². The van der Waals surface area contributed by atoms with Gasteiger partial charge in [-0.05, 0) is 55.0 Å². The molecular weight excluding hydrogens is 484 g/mol. The highest BCUT2D eigenvalue weighted by atomic mass is 35.5. The van der Waals surface area contributed by atoms with Crippen molar-refractivity contribution >= 4 is 61.8 Å². The number of thioether (sulfide) groups is 1. The van der Waals surface area contributed by atoms with Crippen molar-refractivity contribution in [2.24, 2.45) is 0 Å². The predicted molar refractivity (Wildman–Crippen MR) is 129 cm³/mol. The van der Waals surface area contributed by atoms with Crippen LogP contribution in [0.2, 0.25) is 5.15 Å². The van der Waals surface area contributed by atoms with Gasteiger partial charge in [0.15, 0.2) is 16.1 Å². The SMILES string of the molecule is CCC(Sc1nc2ccccc2[nH]1)C(=O)Nc1ccc(S(=O)(=O)Nc2ccc(Cl)nn2)cc1. The van der Waals surface area contributed by atoms with Gasteiger partial charge in [0.25, 0.3) is 10.0 Å². The van der Waals surface area contributed by atoms with Crippen LogP contribution in [0.5, 0.6) is 0 Å². The minimum absolute atomic E-state index is 0.0148. The van der Waals surface area contributed by atoms with Gasteiger partial charge in [0.05, 0.1) is 21.2 Å².